The quantitative estimate of drug-likeness (QED) is 0.744. The summed E-state index contributed by atoms with van der Waals surface area (Å²) in [7, 11) is 0. The molecular weight excluding hydrogens is 300 g/mol. The number of nitrogens with zero attached hydrogens (tertiary/aromatic N) is 3. The zero-order chi connectivity index (χ0) is 16.4. The summed E-state index contributed by atoms with van der Waals surface area (Å²) < 4.78 is 7.89. The summed E-state index contributed by atoms with van der Waals surface area (Å²) in [4.78, 5) is 4.32. The van der Waals surface area contributed by atoms with Crippen molar-refractivity contribution < 1.29 is 4.74 Å². The van der Waals surface area contributed by atoms with E-state index in [0.717, 1.165) is 53.8 Å². The minimum Gasteiger partial charge on any atom is -0.399 e. The molecule has 24 heavy (non-hydrogen) atoms. The van der Waals surface area contributed by atoms with Crippen molar-refractivity contribution in [2.24, 2.45) is 0 Å². The molecule has 0 radical (unpaired) electrons. The highest BCUT2D eigenvalue weighted by molar-refractivity contribution is 5.91. The largest absolute Gasteiger partial charge is 0.399 e. The molecule has 1 atom stereocenters. The fourth-order valence-corrected chi connectivity index (χ4v) is 3.08. The molecule has 0 saturated carbocycles. The van der Waals surface area contributed by atoms with Crippen molar-refractivity contribution in [1.82, 2.24) is 14.8 Å². The summed E-state index contributed by atoms with van der Waals surface area (Å²) in [6.45, 7) is 0.785. The van der Waals surface area contributed by atoms with Gasteiger partial charge in [-0.2, -0.15) is 5.10 Å². The SMILES string of the molecule is Nc1ccc2c(/C=C/c3ccccn3)nn(C3CCCCO3)c2c1. The summed E-state index contributed by atoms with van der Waals surface area (Å²) in [5.41, 5.74) is 9.55. The molecule has 0 amide bonds. The number of aromatic nitrogens is 3. The van der Waals surface area contributed by atoms with E-state index in [1.54, 1.807) is 6.20 Å². The zero-order valence-corrected chi connectivity index (χ0v) is 13.4. The van der Waals surface area contributed by atoms with E-state index in [9.17, 15) is 0 Å². The molecule has 2 N–H and O–H groups in total. The number of nitrogens with two attached hydrogens (primary N) is 1. The number of benzene rings is 1. The van der Waals surface area contributed by atoms with Crippen molar-refractivity contribution in [2.45, 2.75) is 25.5 Å². The normalized spacial score (nSPS) is 18.4. The Labute approximate surface area is 140 Å². The smallest absolute Gasteiger partial charge is 0.150 e. The number of hydrogen-bond acceptors (Lipinski definition) is 4. The van der Waals surface area contributed by atoms with E-state index in [-0.39, 0.29) is 6.23 Å². The average molecular weight is 320 g/mol. The fourth-order valence-electron chi connectivity index (χ4n) is 3.08. The first-order valence-electron chi connectivity index (χ1n) is 8.30. The first kappa shape index (κ1) is 14.9. The lowest BCUT2D eigenvalue weighted by atomic mass is 10.1. The summed E-state index contributed by atoms with van der Waals surface area (Å²) in [6.07, 6.45) is 9.00. The van der Waals surface area contributed by atoms with Gasteiger partial charge in [0.1, 0.15) is 0 Å². The van der Waals surface area contributed by atoms with Crippen molar-refractivity contribution in [3.63, 3.8) is 0 Å². The van der Waals surface area contributed by atoms with Crippen LogP contribution in [0, 0.1) is 0 Å². The number of nitrogen functional groups attached to an aromatic ring is 1. The van der Waals surface area contributed by atoms with Crippen molar-refractivity contribution >= 4 is 28.7 Å². The maximum absolute atomic E-state index is 5.99. The van der Waals surface area contributed by atoms with Gasteiger partial charge in [0.2, 0.25) is 0 Å². The van der Waals surface area contributed by atoms with Crippen LogP contribution in [0.1, 0.15) is 36.9 Å². The molecule has 0 spiro atoms. The Bertz CT molecular complexity index is 864. The molecule has 2 aromatic heterocycles. The van der Waals surface area contributed by atoms with Crippen LogP contribution in [0.15, 0.2) is 42.6 Å². The predicted octanol–water partition coefficient (Wildman–Crippen LogP) is 3.88. The number of hydrogen-bond donors (Lipinski definition) is 1. The van der Waals surface area contributed by atoms with Crippen LogP contribution in [0.3, 0.4) is 0 Å². The van der Waals surface area contributed by atoms with Gasteiger partial charge in [-0.1, -0.05) is 6.07 Å². The molecular formula is C19H20N4O. The summed E-state index contributed by atoms with van der Waals surface area (Å²) >= 11 is 0. The molecule has 1 unspecified atom stereocenters. The van der Waals surface area contributed by atoms with Gasteiger partial charge in [0, 0.05) is 23.9 Å². The maximum atomic E-state index is 5.99. The van der Waals surface area contributed by atoms with E-state index >= 15 is 0 Å². The molecule has 0 aliphatic carbocycles. The summed E-state index contributed by atoms with van der Waals surface area (Å²) in [6, 6.07) is 11.8. The number of fused-ring (bicyclic) bond motifs is 1. The molecule has 5 nitrogen and oxygen atoms in total. The van der Waals surface area contributed by atoms with Crippen LogP contribution in [0.4, 0.5) is 5.69 Å². The van der Waals surface area contributed by atoms with Crippen LogP contribution in [0.5, 0.6) is 0 Å². The lowest BCUT2D eigenvalue weighted by Gasteiger charge is -2.23. The molecule has 1 aliphatic heterocycles. The predicted molar refractivity (Wildman–Crippen MR) is 96.2 cm³/mol. The van der Waals surface area contributed by atoms with Crippen molar-refractivity contribution in [2.75, 3.05) is 12.3 Å². The minimum atomic E-state index is -0.0138. The standard InChI is InChI=1S/C19H20N4O/c20-14-7-9-16-17(10-8-15-5-1-3-11-21-15)22-23(18(16)13-14)19-6-2-4-12-24-19/h1,3,5,7-11,13,19H,2,4,6,12,20H2/b10-8+. The van der Waals surface area contributed by atoms with E-state index in [4.69, 9.17) is 15.6 Å². The van der Waals surface area contributed by atoms with Crippen LogP contribution in [-0.2, 0) is 4.74 Å². The van der Waals surface area contributed by atoms with Crippen LogP contribution in [-0.4, -0.2) is 21.4 Å². The summed E-state index contributed by atoms with van der Waals surface area (Å²) in [5.74, 6) is 0. The molecule has 5 heteroatoms. The van der Waals surface area contributed by atoms with Crippen LogP contribution < -0.4 is 5.73 Å². The third-order valence-electron chi connectivity index (χ3n) is 4.29. The summed E-state index contributed by atoms with van der Waals surface area (Å²) in [5, 5.41) is 5.87. The van der Waals surface area contributed by atoms with E-state index in [1.807, 2.05) is 53.2 Å². The Morgan fingerprint density at radius 2 is 2.12 bits per heavy atom. The second-order valence-corrected chi connectivity index (χ2v) is 6.02. The van der Waals surface area contributed by atoms with Crippen molar-refractivity contribution in [3.05, 3.63) is 54.0 Å². The molecule has 3 aromatic rings. The third-order valence-corrected chi connectivity index (χ3v) is 4.29. The topological polar surface area (TPSA) is 66.0 Å². The van der Waals surface area contributed by atoms with E-state index in [1.165, 1.54) is 0 Å². The first-order chi connectivity index (χ1) is 11.8. The second kappa shape index (κ2) is 6.45. The number of ether oxygens (including phenoxy) is 1. The maximum Gasteiger partial charge on any atom is 0.150 e. The van der Waals surface area contributed by atoms with Gasteiger partial charge < -0.3 is 10.5 Å². The average Bonchev–Trinajstić information content (AvgIpc) is 2.99. The van der Waals surface area contributed by atoms with Gasteiger partial charge >= 0.3 is 0 Å². The second-order valence-electron chi connectivity index (χ2n) is 6.02. The Morgan fingerprint density at radius 1 is 1.17 bits per heavy atom. The monoisotopic (exact) mass is 320 g/mol. The van der Waals surface area contributed by atoms with Crippen molar-refractivity contribution in [3.8, 4) is 0 Å². The van der Waals surface area contributed by atoms with E-state index in [0.29, 0.717) is 0 Å². The highest BCUT2D eigenvalue weighted by atomic mass is 16.5. The lowest BCUT2D eigenvalue weighted by Crippen LogP contribution is -2.19. The molecule has 0 bridgehead atoms. The molecule has 122 valence electrons. The third kappa shape index (κ3) is 2.90. The Balaban J connectivity index is 1.76. The number of rotatable bonds is 3. The van der Waals surface area contributed by atoms with Gasteiger partial charge in [0.25, 0.3) is 0 Å². The van der Waals surface area contributed by atoms with Crippen molar-refractivity contribution in [1.29, 1.82) is 0 Å². The highest BCUT2D eigenvalue weighted by Gasteiger charge is 2.20. The van der Waals surface area contributed by atoms with Gasteiger partial charge in [-0.15, -0.1) is 0 Å². The number of pyridine rings is 1. The highest BCUT2D eigenvalue weighted by Crippen LogP contribution is 2.30. The Morgan fingerprint density at radius 3 is 2.92 bits per heavy atom. The zero-order valence-electron chi connectivity index (χ0n) is 13.4. The molecule has 1 fully saturated rings. The van der Waals surface area contributed by atoms with E-state index in [2.05, 4.69) is 4.98 Å². The minimum absolute atomic E-state index is 0.0138. The van der Waals surface area contributed by atoms with Gasteiger partial charge in [0.05, 0.1) is 16.9 Å². The molecule has 1 saturated heterocycles. The van der Waals surface area contributed by atoms with Crippen LogP contribution in [0.25, 0.3) is 23.1 Å². The van der Waals surface area contributed by atoms with E-state index < -0.39 is 0 Å². The Hall–Kier alpha value is -2.66. The molecule has 3 heterocycles. The molecule has 4 rings (SSSR count). The Kier molecular flexibility index (Phi) is 4.01. The lowest BCUT2D eigenvalue weighted by molar-refractivity contribution is -0.0367. The number of anilines is 1. The molecule has 1 aromatic carbocycles. The van der Waals surface area contributed by atoms with Crippen LogP contribution in [0.2, 0.25) is 0 Å². The first-order valence-corrected chi connectivity index (χ1v) is 8.30. The van der Waals surface area contributed by atoms with Gasteiger partial charge in [-0.05, 0) is 61.7 Å². The molecule has 1 aliphatic rings. The van der Waals surface area contributed by atoms with Crippen LogP contribution >= 0.6 is 0 Å². The van der Waals surface area contributed by atoms with Gasteiger partial charge in [-0.3, -0.25) is 4.98 Å². The fraction of sp³-hybridized carbons (Fsp3) is 0.263. The van der Waals surface area contributed by atoms with Gasteiger partial charge in [-0.25, -0.2) is 4.68 Å². The van der Waals surface area contributed by atoms with Gasteiger partial charge in [0.15, 0.2) is 6.23 Å².